The van der Waals surface area contributed by atoms with E-state index in [1.165, 1.54) is 32.1 Å². The molecule has 0 aliphatic carbocycles. The van der Waals surface area contributed by atoms with Crippen LogP contribution in [0.4, 0.5) is 0 Å². The fraction of sp³-hybridized carbons (Fsp3) is 0.636. The van der Waals surface area contributed by atoms with Crippen molar-refractivity contribution >= 4 is 45.2 Å². The van der Waals surface area contributed by atoms with Gasteiger partial charge in [-0.2, -0.15) is 0 Å². The second-order valence-corrected chi connectivity index (χ2v) is 4.65. The topological polar surface area (TPSA) is 0 Å². The molecule has 0 aromatic rings. The Bertz CT molecular complexity index is 123. The Morgan fingerprint density at radius 3 is 1.46 bits per heavy atom. The summed E-state index contributed by atoms with van der Waals surface area (Å²) in [4.78, 5) is 0. The van der Waals surface area contributed by atoms with Gasteiger partial charge in [-0.05, 0) is 25.7 Å². The third kappa shape index (κ3) is 12.9. The average molecular weight is 404 g/mol. The van der Waals surface area contributed by atoms with Gasteiger partial charge in [0.05, 0.1) is 0 Å². The number of unbranched alkanes of at least 4 members (excludes halogenated alkanes) is 4. The largest absolute Gasteiger partial charge is 0.0878 e. The van der Waals surface area contributed by atoms with Gasteiger partial charge < -0.3 is 0 Å². The van der Waals surface area contributed by atoms with Crippen molar-refractivity contribution in [3.63, 3.8) is 0 Å². The normalized spacial score (nSPS) is 11.8. The quantitative estimate of drug-likeness (QED) is 0.233. The SMILES string of the molecule is ICC=CCCCCCC=CCI. The van der Waals surface area contributed by atoms with Gasteiger partial charge in [0.2, 0.25) is 0 Å². The molecule has 2 heteroatoms. The molecule has 0 aliphatic rings. The fourth-order valence-electron chi connectivity index (χ4n) is 1.06. The minimum Gasteiger partial charge on any atom is -0.0878 e. The zero-order valence-corrected chi connectivity index (χ0v) is 12.3. The van der Waals surface area contributed by atoms with Gasteiger partial charge in [-0.15, -0.1) is 0 Å². The number of hydrogen-bond donors (Lipinski definition) is 0. The molecule has 76 valence electrons. The number of allylic oxidation sites excluding steroid dienone is 4. The van der Waals surface area contributed by atoms with E-state index in [9.17, 15) is 0 Å². The molecule has 0 saturated carbocycles. The Morgan fingerprint density at radius 2 is 1.08 bits per heavy atom. The van der Waals surface area contributed by atoms with Gasteiger partial charge >= 0.3 is 0 Å². The molecular weight excluding hydrogens is 386 g/mol. The molecule has 0 bridgehead atoms. The highest BCUT2D eigenvalue weighted by molar-refractivity contribution is 14.1. The van der Waals surface area contributed by atoms with E-state index in [0.717, 1.165) is 8.86 Å². The van der Waals surface area contributed by atoms with Crippen molar-refractivity contribution in [2.45, 2.75) is 32.1 Å². The molecule has 0 radical (unpaired) electrons. The zero-order chi connectivity index (χ0) is 9.78. The summed E-state index contributed by atoms with van der Waals surface area (Å²) in [6.45, 7) is 0. The van der Waals surface area contributed by atoms with Crippen LogP contribution in [0.1, 0.15) is 32.1 Å². The van der Waals surface area contributed by atoms with Crippen molar-refractivity contribution in [2.75, 3.05) is 8.86 Å². The van der Waals surface area contributed by atoms with Crippen molar-refractivity contribution in [3.05, 3.63) is 24.3 Å². The third-order valence-corrected chi connectivity index (χ3v) is 2.77. The Hall–Kier alpha value is 0.940. The first-order chi connectivity index (χ1) is 6.41. The predicted octanol–water partition coefficient (Wildman–Crippen LogP) is 4.92. The van der Waals surface area contributed by atoms with Crippen LogP contribution in [0.15, 0.2) is 24.3 Å². The van der Waals surface area contributed by atoms with E-state index in [0.29, 0.717) is 0 Å². The fourth-order valence-corrected chi connectivity index (χ4v) is 1.78. The Kier molecular flexibility index (Phi) is 13.9. The van der Waals surface area contributed by atoms with Gasteiger partial charge in [0.25, 0.3) is 0 Å². The van der Waals surface area contributed by atoms with Crippen molar-refractivity contribution in [1.29, 1.82) is 0 Å². The van der Waals surface area contributed by atoms with Crippen molar-refractivity contribution in [1.82, 2.24) is 0 Å². The van der Waals surface area contributed by atoms with E-state index in [-0.39, 0.29) is 0 Å². The summed E-state index contributed by atoms with van der Waals surface area (Å²) in [6, 6.07) is 0. The molecule has 0 fully saturated rings. The predicted molar refractivity (Wildman–Crippen MR) is 79.1 cm³/mol. The lowest BCUT2D eigenvalue weighted by Gasteiger charge is -1.94. The van der Waals surface area contributed by atoms with Gasteiger partial charge in [-0.1, -0.05) is 75.9 Å². The van der Waals surface area contributed by atoms with E-state index >= 15 is 0 Å². The molecule has 0 spiro atoms. The summed E-state index contributed by atoms with van der Waals surface area (Å²) >= 11 is 4.75. The van der Waals surface area contributed by atoms with Crippen LogP contribution >= 0.6 is 45.2 Å². The van der Waals surface area contributed by atoms with Crippen molar-refractivity contribution < 1.29 is 0 Å². The smallest absolute Gasteiger partial charge is 0.0175 e. The molecule has 0 nitrogen and oxygen atoms in total. The number of alkyl halides is 2. The van der Waals surface area contributed by atoms with Gasteiger partial charge in [0.15, 0.2) is 0 Å². The lowest BCUT2D eigenvalue weighted by atomic mass is 10.1. The van der Waals surface area contributed by atoms with Crippen LogP contribution in [-0.2, 0) is 0 Å². The zero-order valence-electron chi connectivity index (χ0n) is 8.02. The second kappa shape index (κ2) is 12.9. The standard InChI is InChI=1S/C11H18I2/c12-10-8-6-4-2-1-3-5-7-9-11-13/h6-9H,1-5,10-11H2. The Balaban J connectivity index is 2.99. The maximum Gasteiger partial charge on any atom is 0.0175 e. The van der Waals surface area contributed by atoms with Crippen LogP contribution in [0.2, 0.25) is 0 Å². The first-order valence-electron chi connectivity index (χ1n) is 4.83. The van der Waals surface area contributed by atoms with Crippen molar-refractivity contribution in [2.24, 2.45) is 0 Å². The van der Waals surface area contributed by atoms with Crippen molar-refractivity contribution in [3.8, 4) is 0 Å². The highest BCUT2D eigenvalue weighted by atomic mass is 127. The monoisotopic (exact) mass is 404 g/mol. The molecule has 0 aliphatic heterocycles. The Morgan fingerprint density at radius 1 is 0.615 bits per heavy atom. The van der Waals surface area contributed by atoms with Crippen LogP contribution in [0.25, 0.3) is 0 Å². The molecule has 13 heavy (non-hydrogen) atoms. The molecular formula is C11H18I2. The lowest BCUT2D eigenvalue weighted by molar-refractivity contribution is 0.696. The maximum absolute atomic E-state index is 2.37. The third-order valence-electron chi connectivity index (χ3n) is 1.75. The molecule has 0 aromatic carbocycles. The van der Waals surface area contributed by atoms with Crippen LogP contribution in [0.3, 0.4) is 0 Å². The number of hydrogen-bond acceptors (Lipinski definition) is 0. The van der Waals surface area contributed by atoms with E-state index in [1.54, 1.807) is 0 Å². The first kappa shape index (κ1) is 13.9. The highest BCUT2D eigenvalue weighted by Gasteiger charge is 1.85. The maximum atomic E-state index is 2.37. The minimum absolute atomic E-state index is 1.15. The van der Waals surface area contributed by atoms with Gasteiger partial charge in [-0.25, -0.2) is 0 Å². The van der Waals surface area contributed by atoms with E-state index in [2.05, 4.69) is 69.5 Å². The first-order valence-corrected chi connectivity index (χ1v) is 7.89. The highest BCUT2D eigenvalue weighted by Crippen LogP contribution is 2.04. The van der Waals surface area contributed by atoms with E-state index in [4.69, 9.17) is 0 Å². The lowest BCUT2D eigenvalue weighted by Crippen LogP contribution is -1.75. The number of halogens is 2. The molecule has 0 rings (SSSR count). The van der Waals surface area contributed by atoms with Crippen LogP contribution in [0, 0.1) is 0 Å². The van der Waals surface area contributed by atoms with Gasteiger partial charge in [0.1, 0.15) is 0 Å². The molecule has 0 amide bonds. The van der Waals surface area contributed by atoms with Crippen LogP contribution in [0.5, 0.6) is 0 Å². The summed E-state index contributed by atoms with van der Waals surface area (Å²) in [5.74, 6) is 0. The van der Waals surface area contributed by atoms with E-state index < -0.39 is 0 Å². The molecule has 0 heterocycles. The molecule has 0 unspecified atom stereocenters. The molecule has 0 N–H and O–H groups in total. The van der Waals surface area contributed by atoms with E-state index in [1.807, 2.05) is 0 Å². The van der Waals surface area contributed by atoms with Crippen LogP contribution < -0.4 is 0 Å². The molecule has 0 saturated heterocycles. The molecule has 0 atom stereocenters. The van der Waals surface area contributed by atoms with Crippen LogP contribution in [-0.4, -0.2) is 8.86 Å². The number of rotatable bonds is 8. The Labute approximate surface area is 110 Å². The summed E-state index contributed by atoms with van der Waals surface area (Å²) in [7, 11) is 0. The summed E-state index contributed by atoms with van der Waals surface area (Å²) < 4.78 is 2.30. The summed E-state index contributed by atoms with van der Waals surface area (Å²) in [5, 5.41) is 0. The second-order valence-electron chi connectivity index (χ2n) is 2.89. The summed E-state index contributed by atoms with van der Waals surface area (Å²) in [5.41, 5.74) is 0. The van der Waals surface area contributed by atoms with Gasteiger partial charge in [0, 0.05) is 8.86 Å². The minimum atomic E-state index is 1.15. The van der Waals surface area contributed by atoms with Gasteiger partial charge in [-0.3, -0.25) is 0 Å². The summed E-state index contributed by atoms with van der Waals surface area (Å²) in [6.07, 6.45) is 15.7. The molecule has 0 aromatic heterocycles. The average Bonchev–Trinajstić information content (AvgIpc) is 2.16.